The van der Waals surface area contributed by atoms with E-state index < -0.39 is 6.10 Å². The van der Waals surface area contributed by atoms with Gasteiger partial charge in [0.15, 0.2) is 0 Å². The number of likely N-dealkylation sites (tertiary alicyclic amines) is 1. The maximum atomic E-state index is 13.5. The molecule has 2 saturated heterocycles. The Bertz CT molecular complexity index is 906. The molecule has 2 atom stereocenters. The summed E-state index contributed by atoms with van der Waals surface area (Å²) in [5.41, 5.74) is 2.34. The molecule has 2 aliphatic rings. The van der Waals surface area contributed by atoms with E-state index in [-0.39, 0.29) is 17.9 Å². The number of carbonyl (C=O) groups excluding carboxylic acids is 2. The normalized spacial score (nSPS) is 21.4. The second kappa shape index (κ2) is 9.96. The molecule has 2 aromatic carbocycles. The topological polar surface area (TPSA) is 67.9 Å². The summed E-state index contributed by atoms with van der Waals surface area (Å²) in [5.74, 6) is 0.661. The molecule has 2 heterocycles. The monoisotopic (exact) mass is 422 g/mol. The molecular weight excluding hydrogens is 392 g/mol. The number of benzene rings is 2. The van der Waals surface area contributed by atoms with Crippen LogP contribution in [-0.4, -0.2) is 43.1 Å². The molecule has 0 unspecified atom stereocenters. The van der Waals surface area contributed by atoms with Crippen molar-refractivity contribution in [3.8, 4) is 5.75 Å². The van der Waals surface area contributed by atoms with Crippen molar-refractivity contribution in [1.82, 2.24) is 4.90 Å². The van der Waals surface area contributed by atoms with Crippen LogP contribution in [0.3, 0.4) is 0 Å². The van der Waals surface area contributed by atoms with Gasteiger partial charge in [-0.15, -0.1) is 0 Å². The highest BCUT2D eigenvalue weighted by Gasteiger charge is 2.28. The fraction of sp³-hybridized carbons (Fsp3) is 0.440. The van der Waals surface area contributed by atoms with Gasteiger partial charge in [0.05, 0.1) is 13.2 Å². The Balaban J connectivity index is 1.53. The minimum atomic E-state index is -0.399. The Morgan fingerprint density at radius 1 is 1.03 bits per heavy atom. The van der Waals surface area contributed by atoms with Gasteiger partial charge in [0.25, 0.3) is 11.8 Å². The summed E-state index contributed by atoms with van der Waals surface area (Å²) in [6.45, 7) is 1.35. The van der Waals surface area contributed by atoms with E-state index in [0.717, 1.165) is 56.4 Å². The van der Waals surface area contributed by atoms with Gasteiger partial charge in [-0.2, -0.15) is 0 Å². The maximum Gasteiger partial charge on any atom is 0.254 e. The van der Waals surface area contributed by atoms with E-state index >= 15 is 0 Å². The molecule has 0 saturated carbocycles. The second-order valence-corrected chi connectivity index (χ2v) is 8.21. The molecule has 0 aliphatic carbocycles. The molecule has 4 rings (SSSR count). The van der Waals surface area contributed by atoms with Crippen LogP contribution in [-0.2, 0) is 9.53 Å². The van der Waals surface area contributed by atoms with Gasteiger partial charge in [0.1, 0.15) is 11.9 Å². The standard InChI is InChI=1S/C25H30N2O4/c1-30-21-13-11-18(12-14-21)22-9-3-2-4-15-27(22)25(29)19-7-5-8-20(17-19)26-24(28)23-10-6-16-31-23/h5,7-8,11-14,17,22-23H,2-4,6,9-10,15-16H2,1H3,(H,26,28)/t22-,23+/m1/s1. The number of carbonyl (C=O) groups is 2. The summed E-state index contributed by atoms with van der Waals surface area (Å²) in [6, 6.07) is 15.2. The zero-order valence-electron chi connectivity index (χ0n) is 18.0. The van der Waals surface area contributed by atoms with Crippen LogP contribution in [0.1, 0.15) is 60.5 Å². The van der Waals surface area contributed by atoms with Gasteiger partial charge in [-0.25, -0.2) is 0 Å². The van der Waals surface area contributed by atoms with E-state index in [0.29, 0.717) is 17.9 Å². The average molecular weight is 423 g/mol. The number of nitrogens with zero attached hydrogens (tertiary/aromatic N) is 1. The molecule has 0 aromatic heterocycles. The van der Waals surface area contributed by atoms with Crippen molar-refractivity contribution < 1.29 is 19.1 Å². The first kappa shape index (κ1) is 21.4. The van der Waals surface area contributed by atoms with E-state index in [1.54, 1.807) is 13.2 Å². The Kier molecular flexibility index (Phi) is 6.87. The highest BCUT2D eigenvalue weighted by molar-refractivity contribution is 5.98. The lowest BCUT2D eigenvalue weighted by Gasteiger charge is -2.31. The van der Waals surface area contributed by atoms with Crippen molar-refractivity contribution in [2.24, 2.45) is 0 Å². The third-order valence-corrected chi connectivity index (χ3v) is 6.11. The molecule has 2 aliphatic heterocycles. The van der Waals surface area contributed by atoms with Crippen LogP contribution in [0.15, 0.2) is 48.5 Å². The largest absolute Gasteiger partial charge is 0.497 e. The minimum Gasteiger partial charge on any atom is -0.497 e. The van der Waals surface area contributed by atoms with Crippen LogP contribution in [0.5, 0.6) is 5.75 Å². The van der Waals surface area contributed by atoms with Crippen molar-refractivity contribution >= 4 is 17.5 Å². The Morgan fingerprint density at radius 3 is 2.61 bits per heavy atom. The van der Waals surface area contributed by atoms with Crippen molar-refractivity contribution in [2.75, 3.05) is 25.6 Å². The number of amides is 2. The number of anilines is 1. The smallest absolute Gasteiger partial charge is 0.254 e. The second-order valence-electron chi connectivity index (χ2n) is 8.21. The molecule has 6 heteroatoms. The number of methoxy groups -OCH3 is 1. The highest BCUT2D eigenvalue weighted by Crippen LogP contribution is 2.32. The molecule has 1 N–H and O–H groups in total. The first-order valence-electron chi connectivity index (χ1n) is 11.1. The Morgan fingerprint density at radius 2 is 1.87 bits per heavy atom. The molecule has 0 spiro atoms. The lowest BCUT2D eigenvalue weighted by Crippen LogP contribution is -2.35. The molecule has 6 nitrogen and oxygen atoms in total. The molecule has 2 fully saturated rings. The van der Waals surface area contributed by atoms with Crippen LogP contribution >= 0.6 is 0 Å². The van der Waals surface area contributed by atoms with E-state index in [2.05, 4.69) is 5.32 Å². The molecule has 2 aromatic rings. The minimum absolute atomic E-state index is 0.00377. The van der Waals surface area contributed by atoms with E-state index in [1.807, 2.05) is 47.4 Å². The fourth-order valence-corrected chi connectivity index (χ4v) is 4.43. The van der Waals surface area contributed by atoms with Gasteiger partial charge in [0, 0.05) is 24.4 Å². The third kappa shape index (κ3) is 5.07. The zero-order chi connectivity index (χ0) is 21.6. The fourth-order valence-electron chi connectivity index (χ4n) is 4.43. The quantitative estimate of drug-likeness (QED) is 0.766. The first-order valence-corrected chi connectivity index (χ1v) is 11.1. The third-order valence-electron chi connectivity index (χ3n) is 6.11. The van der Waals surface area contributed by atoms with Gasteiger partial charge < -0.3 is 19.7 Å². The number of ether oxygens (including phenoxy) is 2. The molecule has 164 valence electrons. The number of nitrogens with one attached hydrogen (secondary N) is 1. The van der Waals surface area contributed by atoms with E-state index in [4.69, 9.17) is 9.47 Å². The van der Waals surface area contributed by atoms with Crippen molar-refractivity contribution in [2.45, 2.75) is 50.7 Å². The van der Waals surface area contributed by atoms with Crippen LogP contribution in [0.2, 0.25) is 0 Å². The highest BCUT2D eigenvalue weighted by atomic mass is 16.5. The summed E-state index contributed by atoms with van der Waals surface area (Å²) in [5, 5.41) is 2.90. The summed E-state index contributed by atoms with van der Waals surface area (Å²) in [7, 11) is 1.65. The van der Waals surface area contributed by atoms with Gasteiger partial charge in [-0.1, -0.05) is 31.0 Å². The van der Waals surface area contributed by atoms with Crippen LogP contribution < -0.4 is 10.1 Å². The van der Waals surface area contributed by atoms with E-state index in [9.17, 15) is 9.59 Å². The molecule has 0 bridgehead atoms. The molecule has 0 radical (unpaired) electrons. The zero-order valence-corrected chi connectivity index (χ0v) is 18.0. The molecule has 31 heavy (non-hydrogen) atoms. The molecule has 2 amide bonds. The summed E-state index contributed by atoms with van der Waals surface area (Å²) in [4.78, 5) is 27.9. The van der Waals surface area contributed by atoms with Gasteiger partial charge in [-0.3, -0.25) is 9.59 Å². The number of hydrogen-bond donors (Lipinski definition) is 1. The van der Waals surface area contributed by atoms with Crippen molar-refractivity contribution in [3.05, 3.63) is 59.7 Å². The first-order chi connectivity index (χ1) is 15.2. The lowest BCUT2D eigenvalue weighted by molar-refractivity contribution is -0.124. The summed E-state index contributed by atoms with van der Waals surface area (Å²) < 4.78 is 10.7. The Hall–Kier alpha value is -2.86. The van der Waals surface area contributed by atoms with Crippen LogP contribution in [0.25, 0.3) is 0 Å². The number of rotatable bonds is 5. The van der Waals surface area contributed by atoms with Gasteiger partial charge in [-0.05, 0) is 61.6 Å². The average Bonchev–Trinajstić information content (AvgIpc) is 3.24. The SMILES string of the molecule is COc1ccc([C@H]2CCCCCN2C(=O)c2cccc(NC(=O)[C@@H]3CCCO3)c2)cc1. The van der Waals surface area contributed by atoms with Crippen molar-refractivity contribution in [3.63, 3.8) is 0 Å². The number of hydrogen-bond acceptors (Lipinski definition) is 4. The summed E-state index contributed by atoms with van der Waals surface area (Å²) in [6.07, 6.45) is 5.39. The van der Waals surface area contributed by atoms with Crippen LogP contribution in [0, 0.1) is 0 Å². The Labute approximate surface area is 183 Å². The predicted octanol–water partition coefficient (Wildman–Crippen LogP) is 4.57. The van der Waals surface area contributed by atoms with Crippen LogP contribution in [0.4, 0.5) is 5.69 Å². The maximum absolute atomic E-state index is 13.5. The predicted molar refractivity (Wildman–Crippen MR) is 119 cm³/mol. The van der Waals surface area contributed by atoms with E-state index in [1.165, 1.54) is 0 Å². The van der Waals surface area contributed by atoms with Gasteiger partial charge >= 0.3 is 0 Å². The van der Waals surface area contributed by atoms with Gasteiger partial charge in [0.2, 0.25) is 0 Å². The molecular formula is C25H30N2O4. The lowest BCUT2D eigenvalue weighted by atomic mass is 9.99. The summed E-state index contributed by atoms with van der Waals surface area (Å²) >= 11 is 0. The van der Waals surface area contributed by atoms with Crippen molar-refractivity contribution in [1.29, 1.82) is 0 Å².